The van der Waals surface area contributed by atoms with Gasteiger partial charge in [0.15, 0.2) is 0 Å². The summed E-state index contributed by atoms with van der Waals surface area (Å²) in [5, 5.41) is 18.3. The Bertz CT molecular complexity index is 455. The van der Waals surface area contributed by atoms with Crippen molar-refractivity contribution < 1.29 is 24.5 Å². The Morgan fingerprint density at radius 3 is 2.50 bits per heavy atom. The lowest BCUT2D eigenvalue weighted by Crippen LogP contribution is -2.32. The van der Waals surface area contributed by atoms with Crippen LogP contribution in [0.5, 0.6) is 5.75 Å². The number of rotatable bonds is 4. The van der Waals surface area contributed by atoms with Gasteiger partial charge in [-0.05, 0) is 24.6 Å². The average molecular weight is 252 g/mol. The van der Waals surface area contributed by atoms with Crippen LogP contribution in [0.4, 0.5) is 0 Å². The highest BCUT2D eigenvalue weighted by molar-refractivity contribution is 5.86. The zero-order valence-corrected chi connectivity index (χ0v) is 10.3. The number of hydrogen-bond donors (Lipinski definition) is 2. The van der Waals surface area contributed by atoms with Crippen LogP contribution in [0.1, 0.15) is 18.9 Å². The van der Waals surface area contributed by atoms with Gasteiger partial charge in [-0.3, -0.25) is 0 Å². The van der Waals surface area contributed by atoms with E-state index in [4.69, 9.17) is 14.6 Å². The SMILES string of the molecule is COC(=O)C1(c2ccc(O)cc2)OC1(C)CCO. The summed E-state index contributed by atoms with van der Waals surface area (Å²) >= 11 is 0. The fraction of sp³-hybridized carbons (Fsp3) is 0.462. The van der Waals surface area contributed by atoms with Gasteiger partial charge in [-0.15, -0.1) is 0 Å². The van der Waals surface area contributed by atoms with E-state index in [1.165, 1.54) is 19.2 Å². The highest BCUT2D eigenvalue weighted by atomic mass is 16.7. The Balaban J connectivity index is 2.40. The third-order valence-corrected chi connectivity index (χ3v) is 3.42. The molecular formula is C13H16O5. The van der Waals surface area contributed by atoms with Crippen molar-refractivity contribution >= 4 is 5.97 Å². The number of hydrogen-bond acceptors (Lipinski definition) is 5. The number of benzene rings is 1. The fourth-order valence-corrected chi connectivity index (χ4v) is 2.33. The number of carbonyl (C=O) groups excluding carboxylic acids is 1. The standard InChI is InChI=1S/C13H16O5/c1-12(7-8-14)13(18-12,11(16)17-2)9-3-5-10(15)6-4-9/h3-6,14-15H,7-8H2,1-2H3. The number of esters is 1. The Morgan fingerprint density at radius 2 is 2.00 bits per heavy atom. The smallest absolute Gasteiger partial charge is 0.345 e. The van der Waals surface area contributed by atoms with Crippen molar-refractivity contribution in [1.29, 1.82) is 0 Å². The lowest BCUT2D eigenvalue weighted by atomic mass is 9.85. The minimum atomic E-state index is -1.18. The van der Waals surface area contributed by atoms with Gasteiger partial charge in [0.1, 0.15) is 11.4 Å². The molecule has 0 radical (unpaired) electrons. The van der Waals surface area contributed by atoms with Gasteiger partial charge in [0, 0.05) is 13.0 Å². The zero-order chi connectivity index (χ0) is 13.4. The fourth-order valence-electron chi connectivity index (χ4n) is 2.33. The van der Waals surface area contributed by atoms with E-state index in [0.717, 1.165) is 0 Å². The monoisotopic (exact) mass is 252 g/mol. The molecule has 98 valence electrons. The predicted molar refractivity (Wildman–Crippen MR) is 63.0 cm³/mol. The highest BCUT2D eigenvalue weighted by Gasteiger charge is 2.73. The molecule has 2 atom stereocenters. The van der Waals surface area contributed by atoms with Crippen molar-refractivity contribution in [3.05, 3.63) is 29.8 Å². The normalized spacial score (nSPS) is 29.9. The summed E-state index contributed by atoms with van der Waals surface area (Å²) in [5.41, 5.74) is -1.34. The topological polar surface area (TPSA) is 79.3 Å². The maximum atomic E-state index is 12.0. The quantitative estimate of drug-likeness (QED) is 0.615. The van der Waals surface area contributed by atoms with Gasteiger partial charge in [-0.25, -0.2) is 4.79 Å². The number of phenolic OH excluding ortho intramolecular Hbond substituents is 1. The van der Waals surface area contributed by atoms with Crippen molar-refractivity contribution in [3.63, 3.8) is 0 Å². The van der Waals surface area contributed by atoms with E-state index in [2.05, 4.69) is 0 Å². The van der Waals surface area contributed by atoms with Crippen LogP contribution in [0.3, 0.4) is 0 Å². The highest BCUT2D eigenvalue weighted by Crippen LogP contribution is 2.58. The number of carbonyl (C=O) groups is 1. The summed E-state index contributed by atoms with van der Waals surface area (Å²) in [4.78, 5) is 12.0. The van der Waals surface area contributed by atoms with E-state index < -0.39 is 17.2 Å². The molecule has 5 nitrogen and oxygen atoms in total. The minimum Gasteiger partial charge on any atom is -0.508 e. The van der Waals surface area contributed by atoms with Gasteiger partial charge in [-0.2, -0.15) is 0 Å². The van der Waals surface area contributed by atoms with Gasteiger partial charge in [-0.1, -0.05) is 12.1 Å². The van der Waals surface area contributed by atoms with Crippen LogP contribution in [0.25, 0.3) is 0 Å². The second kappa shape index (κ2) is 4.26. The van der Waals surface area contributed by atoms with Gasteiger partial charge in [0.2, 0.25) is 5.60 Å². The molecule has 0 aromatic heterocycles. The largest absolute Gasteiger partial charge is 0.508 e. The number of epoxide rings is 1. The molecule has 1 aromatic rings. The first-order chi connectivity index (χ1) is 8.50. The third kappa shape index (κ3) is 1.67. The number of aliphatic hydroxyl groups excluding tert-OH is 1. The summed E-state index contributed by atoms with van der Waals surface area (Å²) in [6.45, 7) is 1.68. The van der Waals surface area contributed by atoms with Crippen molar-refractivity contribution in [1.82, 2.24) is 0 Å². The minimum absolute atomic E-state index is 0.0761. The molecule has 2 N–H and O–H groups in total. The molecule has 2 unspecified atom stereocenters. The van der Waals surface area contributed by atoms with Gasteiger partial charge >= 0.3 is 5.97 Å². The summed E-state index contributed by atoms with van der Waals surface area (Å²) < 4.78 is 10.4. The van der Waals surface area contributed by atoms with Gasteiger partial charge < -0.3 is 19.7 Å². The molecule has 0 bridgehead atoms. The molecule has 0 spiro atoms. The van der Waals surface area contributed by atoms with Crippen molar-refractivity contribution in [3.8, 4) is 5.75 Å². The Labute approximate surface area is 105 Å². The molecule has 0 saturated carbocycles. The van der Waals surface area contributed by atoms with Crippen LogP contribution in [-0.4, -0.2) is 35.5 Å². The first-order valence-electron chi connectivity index (χ1n) is 5.69. The number of phenols is 1. The second-order valence-electron chi connectivity index (χ2n) is 4.53. The number of aliphatic hydroxyl groups is 1. The Hall–Kier alpha value is -1.59. The first kappa shape index (κ1) is 12.9. The zero-order valence-electron chi connectivity index (χ0n) is 10.3. The maximum Gasteiger partial charge on any atom is 0.345 e. The molecule has 5 heteroatoms. The molecule has 1 heterocycles. The lowest BCUT2D eigenvalue weighted by Gasteiger charge is -2.15. The van der Waals surface area contributed by atoms with Crippen molar-refractivity contribution in [2.45, 2.75) is 24.5 Å². The molecule has 0 aliphatic carbocycles. The van der Waals surface area contributed by atoms with Crippen LogP contribution in [-0.2, 0) is 19.9 Å². The Morgan fingerprint density at radius 1 is 1.39 bits per heavy atom. The van der Waals surface area contributed by atoms with E-state index in [-0.39, 0.29) is 12.4 Å². The van der Waals surface area contributed by atoms with Crippen molar-refractivity contribution in [2.24, 2.45) is 0 Å². The lowest BCUT2D eigenvalue weighted by molar-refractivity contribution is -0.147. The molecule has 0 amide bonds. The van der Waals surface area contributed by atoms with E-state index >= 15 is 0 Å². The third-order valence-electron chi connectivity index (χ3n) is 3.42. The number of methoxy groups -OCH3 is 1. The second-order valence-corrected chi connectivity index (χ2v) is 4.53. The van der Waals surface area contributed by atoms with E-state index in [9.17, 15) is 9.90 Å². The van der Waals surface area contributed by atoms with Crippen LogP contribution in [0.2, 0.25) is 0 Å². The first-order valence-corrected chi connectivity index (χ1v) is 5.69. The number of aromatic hydroxyl groups is 1. The van der Waals surface area contributed by atoms with Gasteiger partial charge in [0.05, 0.1) is 7.11 Å². The summed E-state index contributed by atoms with van der Waals surface area (Å²) in [5.74, 6) is -0.382. The van der Waals surface area contributed by atoms with E-state index in [0.29, 0.717) is 12.0 Å². The summed E-state index contributed by atoms with van der Waals surface area (Å²) in [6, 6.07) is 6.21. The molecule has 1 aliphatic rings. The predicted octanol–water partition coefficient (Wildman–Crippen LogP) is 0.932. The molecule has 1 aliphatic heterocycles. The molecule has 1 saturated heterocycles. The molecule has 18 heavy (non-hydrogen) atoms. The van der Waals surface area contributed by atoms with E-state index in [1.807, 2.05) is 0 Å². The molecule has 1 fully saturated rings. The van der Waals surface area contributed by atoms with E-state index in [1.54, 1.807) is 19.1 Å². The molecule has 1 aromatic carbocycles. The van der Waals surface area contributed by atoms with Crippen molar-refractivity contribution in [2.75, 3.05) is 13.7 Å². The van der Waals surface area contributed by atoms with Crippen LogP contribution >= 0.6 is 0 Å². The van der Waals surface area contributed by atoms with Crippen LogP contribution < -0.4 is 0 Å². The Kier molecular flexibility index (Phi) is 3.04. The van der Waals surface area contributed by atoms with Crippen LogP contribution in [0.15, 0.2) is 24.3 Å². The summed E-state index contributed by atoms with van der Waals surface area (Å²) in [7, 11) is 1.30. The molecular weight excluding hydrogens is 236 g/mol. The average Bonchev–Trinajstić information content (AvgIpc) is 2.97. The summed E-state index contributed by atoms with van der Waals surface area (Å²) in [6.07, 6.45) is 0.336. The number of ether oxygens (including phenoxy) is 2. The molecule has 2 rings (SSSR count). The maximum absolute atomic E-state index is 12.0. The van der Waals surface area contributed by atoms with Gasteiger partial charge in [0.25, 0.3) is 0 Å². The van der Waals surface area contributed by atoms with Crippen LogP contribution in [0, 0.1) is 0 Å².